The molecule has 0 saturated carbocycles. The van der Waals surface area contributed by atoms with Crippen LogP contribution < -0.4 is 15.0 Å². The average Bonchev–Trinajstić information content (AvgIpc) is 3.66. The molecule has 2 heterocycles. The molecule has 0 unspecified atom stereocenters. The number of nitrogens with zero attached hydrogens (tertiary/aromatic N) is 1. The molecule has 2 aliphatic heterocycles. The predicted molar refractivity (Wildman–Crippen MR) is 193 cm³/mol. The second-order valence-corrected chi connectivity index (χ2v) is 13.1. The number of imide groups is 1. The van der Waals surface area contributed by atoms with E-state index in [0.717, 1.165) is 59.5 Å². The zero-order valence-electron chi connectivity index (χ0n) is 27.8. The highest BCUT2D eigenvalue weighted by Gasteiger charge is 2.57. The van der Waals surface area contributed by atoms with Gasteiger partial charge in [0.1, 0.15) is 18.1 Å². The van der Waals surface area contributed by atoms with Crippen LogP contribution in [0, 0.1) is 17.8 Å². The van der Waals surface area contributed by atoms with Gasteiger partial charge in [0.05, 0.1) is 30.2 Å². The van der Waals surface area contributed by atoms with Crippen molar-refractivity contribution in [2.45, 2.75) is 45.1 Å². The van der Waals surface area contributed by atoms with Crippen LogP contribution in [0.25, 0.3) is 6.08 Å². The van der Waals surface area contributed by atoms with Crippen LogP contribution in [0.2, 0.25) is 0 Å². The number of allylic oxidation sites excluding steroid dienone is 1. The average molecular weight is 655 g/mol. The first kappa shape index (κ1) is 32.4. The monoisotopic (exact) mass is 654 g/mol. The highest BCUT2D eigenvalue weighted by atomic mass is 16.5. The Kier molecular flexibility index (Phi) is 9.62. The Morgan fingerprint density at radius 2 is 1.55 bits per heavy atom. The van der Waals surface area contributed by atoms with Crippen molar-refractivity contribution in [2.75, 3.05) is 23.4 Å². The van der Waals surface area contributed by atoms with Crippen LogP contribution in [0.15, 0.2) is 126 Å². The van der Waals surface area contributed by atoms with Crippen LogP contribution in [0.1, 0.15) is 44.6 Å². The first-order valence-corrected chi connectivity index (χ1v) is 17.3. The molecule has 2 saturated heterocycles. The van der Waals surface area contributed by atoms with Crippen molar-refractivity contribution in [1.82, 2.24) is 0 Å². The molecule has 4 aromatic carbocycles. The Morgan fingerprint density at radius 3 is 2.29 bits per heavy atom. The van der Waals surface area contributed by atoms with Crippen molar-refractivity contribution >= 4 is 35.0 Å². The minimum Gasteiger partial charge on any atom is -0.507 e. The highest BCUT2D eigenvalue weighted by molar-refractivity contribution is 6.22. The summed E-state index contributed by atoms with van der Waals surface area (Å²) >= 11 is 0. The number of rotatable bonds is 12. The van der Waals surface area contributed by atoms with Gasteiger partial charge in [-0.2, -0.15) is 0 Å². The summed E-state index contributed by atoms with van der Waals surface area (Å²) in [6.07, 6.45) is 5.84. The molecule has 1 aliphatic carbocycles. The maximum atomic E-state index is 14.2. The maximum Gasteiger partial charge on any atom is 0.238 e. The fourth-order valence-electron chi connectivity index (χ4n) is 7.67. The number of fused-ring (bicyclic) bond motifs is 3. The van der Waals surface area contributed by atoms with E-state index >= 15 is 0 Å². The topological polar surface area (TPSA) is 88.1 Å². The number of hydrogen-bond donors (Lipinski definition) is 2. The van der Waals surface area contributed by atoms with E-state index in [1.54, 1.807) is 6.07 Å². The quantitative estimate of drug-likeness (QED) is 0.117. The number of ether oxygens (including phenoxy) is 2. The summed E-state index contributed by atoms with van der Waals surface area (Å²) in [5.41, 5.74) is 6.67. The number of hydrogen-bond acceptors (Lipinski definition) is 6. The molecule has 0 aromatic heterocycles. The molecule has 2 amide bonds. The molecule has 4 aromatic rings. The van der Waals surface area contributed by atoms with Gasteiger partial charge in [-0.15, -0.1) is 0 Å². The third kappa shape index (κ3) is 6.90. The number of phenolic OH excluding ortho intramolecular Hbond substituents is 1. The molecule has 2 N–H and O–H groups in total. The van der Waals surface area contributed by atoms with Gasteiger partial charge >= 0.3 is 0 Å². The maximum absolute atomic E-state index is 14.2. The number of amides is 2. The van der Waals surface area contributed by atoms with Gasteiger partial charge in [0, 0.05) is 22.9 Å². The summed E-state index contributed by atoms with van der Waals surface area (Å²) in [7, 11) is 0. The van der Waals surface area contributed by atoms with Crippen LogP contribution in [-0.2, 0) is 14.3 Å². The van der Waals surface area contributed by atoms with Gasteiger partial charge in [0.2, 0.25) is 11.8 Å². The Morgan fingerprint density at radius 1 is 0.857 bits per heavy atom. The molecule has 0 radical (unpaired) electrons. The first-order chi connectivity index (χ1) is 24.0. The number of nitrogens with one attached hydrogen (secondary N) is 1. The van der Waals surface area contributed by atoms with E-state index in [0.29, 0.717) is 25.3 Å². The second kappa shape index (κ2) is 14.5. The largest absolute Gasteiger partial charge is 0.507 e. The molecule has 0 spiro atoms. The molecular weight excluding hydrogens is 612 g/mol. The van der Waals surface area contributed by atoms with Gasteiger partial charge in [-0.3, -0.25) is 14.5 Å². The summed E-state index contributed by atoms with van der Waals surface area (Å²) < 4.78 is 12.8. The molecule has 49 heavy (non-hydrogen) atoms. The number of carbonyl (C=O) groups excluding carboxylic acids is 2. The van der Waals surface area contributed by atoms with E-state index < -0.39 is 11.8 Å². The Labute approximate surface area is 287 Å². The van der Waals surface area contributed by atoms with Crippen LogP contribution in [0.5, 0.6) is 11.5 Å². The van der Waals surface area contributed by atoms with E-state index in [1.165, 1.54) is 10.5 Å². The zero-order chi connectivity index (χ0) is 33.7. The van der Waals surface area contributed by atoms with Crippen LogP contribution in [0.3, 0.4) is 0 Å². The smallest absolute Gasteiger partial charge is 0.238 e. The molecule has 7 nitrogen and oxygen atoms in total. The molecule has 7 heteroatoms. The molecule has 250 valence electrons. The standard InChI is InChI=1S/C42H42N2O5/c1-2-11-28(24-29-12-9-10-17-37(29)45)18-23-38-39-30(26-48-34-15-7-4-8-16-34)25-35-40(36(39)27-49-38)42(47)44(41(35)46)33-21-19-32(20-22-33)43-31-13-5-3-6-14-31/h3-10,12-17,19-22,24,35-36,38,40,43,45H,2,11,18,23,25-27H2,1H3/b28-24+/t35-,36+,38-,40-/m1/s1. The number of carbonyl (C=O) groups is 2. The van der Waals surface area contributed by atoms with Crippen molar-refractivity contribution in [3.05, 3.63) is 131 Å². The van der Waals surface area contributed by atoms with Gasteiger partial charge in [0.15, 0.2) is 0 Å². The molecule has 7 rings (SSSR count). The van der Waals surface area contributed by atoms with Crippen molar-refractivity contribution in [3.63, 3.8) is 0 Å². The zero-order valence-corrected chi connectivity index (χ0v) is 27.8. The lowest BCUT2D eigenvalue weighted by Gasteiger charge is -2.31. The van der Waals surface area contributed by atoms with Gasteiger partial charge in [-0.25, -0.2) is 0 Å². The summed E-state index contributed by atoms with van der Waals surface area (Å²) in [6.45, 7) is 2.90. The van der Waals surface area contributed by atoms with Gasteiger partial charge < -0.3 is 19.9 Å². The third-order valence-electron chi connectivity index (χ3n) is 9.95. The Balaban J connectivity index is 1.14. The highest BCUT2D eigenvalue weighted by Crippen LogP contribution is 2.51. The lowest BCUT2D eigenvalue weighted by atomic mass is 9.69. The van der Waals surface area contributed by atoms with Crippen molar-refractivity contribution in [3.8, 4) is 11.5 Å². The minimum atomic E-state index is -0.470. The van der Waals surface area contributed by atoms with E-state index in [9.17, 15) is 14.7 Å². The van der Waals surface area contributed by atoms with Crippen LogP contribution >= 0.6 is 0 Å². The number of benzene rings is 4. The summed E-state index contributed by atoms with van der Waals surface area (Å²) in [6, 6.07) is 34.5. The summed E-state index contributed by atoms with van der Waals surface area (Å²) in [5.74, 6) is -0.394. The van der Waals surface area contributed by atoms with Crippen molar-refractivity contribution < 1.29 is 24.2 Å². The van der Waals surface area contributed by atoms with Crippen molar-refractivity contribution in [2.24, 2.45) is 17.8 Å². The van der Waals surface area contributed by atoms with E-state index in [2.05, 4.69) is 18.3 Å². The van der Waals surface area contributed by atoms with Gasteiger partial charge in [0.25, 0.3) is 0 Å². The van der Waals surface area contributed by atoms with Crippen molar-refractivity contribution in [1.29, 1.82) is 0 Å². The van der Waals surface area contributed by atoms with Crippen LogP contribution in [0.4, 0.5) is 17.1 Å². The molecule has 4 atom stereocenters. The SMILES string of the molecule is CCC/C(=C\c1ccccc1O)CC[C@H]1OC[C@H]2C1=C(COc1ccccc1)C[C@H]1C(=O)N(c3ccc(Nc4ccccc4)cc3)C(=O)[C@H]12. The predicted octanol–water partition coefficient (Wildman–Crippen LogP) is 8.70. The normalized spacial score (nSPS) is 21.9. The third-order valence-corrected chi connectivity index (χ3v) is 9.95. The molecule has 2 fully saturated rings. The molecular formula is C42H42N2O5. The number of para-hydroxylation sites is 3. The minimum absolute atomic E-state index is 0.153. The lowest BCUT2D eigenvalue weighted by molar-refractivity contribution is -0.122. The summed E-state index contributed by atoms with van der Waals surface area (Å²) in [4.78, 5) is 29.6. The van der Waals surface area contributed by atoms with Crippen LogP contribution in [-0.4, -0.2) is 36.2 Å². The van der Waals surface area contributed by atoms with Gasteiger partial charge in [-0.1, -0.05) is 79.6 Å². The summed E-state index contributed by atoms with van der Waals surface area (Å²) in [5, 5.41) is 13.8. The number of anilines is 3. The van der Waals surface area contributed by atoms with E-state index in [-0.39, 0.29) is 29.6 Å². The lowest BCUT2D eigenvalue weighted by Crippen LogP contribution is -2.35. The Hall–Kier alpha value is -5.14. The first-order valence-electron chi connectivity index (χ1n) is 17.3. The van der Waals surface area contributed by atoms with E-state index in [4.69, 9.17) is 9.47 Å². The fourth-order valence-corrected chi connectivity index (χ4v) is 7.67. The van der Waals surface area contributed by atoms with E-state index in [1.807, 2.05) is 103 Å². The molecule has 3 aliphatic rings. The number of aromatic hydroxyl groups is 1. The Bertz CT molecular complexity index is 1850. The van der Waals surface area contributed by atoms with Gasteiger partial charge in [-0.05, 0) is 91.4 Å². The second-order valence-electron chi connectivity index (χ2n) is 13.1. The number of phenols is 1. The molecule has 0 bridgehead atoms. The fraction of sp³-hybridized carbons (Fsp3) is 0.286.